The van der Waals surface area contributed by atoms with Crippen LogP contribution >= 0.6 is 28.3 Å². The zero-order chi connectivity index (χ0) is 8.43. The van der Waals surface area contributed by atoms with Crippen LogP contribution in [0.2, 0.25) is 0 Å². The Morgan fingerprint density at radius 1 is 1.58 bits per heavy atom. The predicted octanol–water partition coefficient (Wildman–Crippen LogP) is 2.10. The molecule has 0 radical (unpaired) electrons. The average Bonchev–Trinajstić information content (AvgIpc) is 1.85. The summed E-state index contributed by atoms with van der Waals surface area (Å²) in [5.74, 6) is -2.15. The molecule has 1 aromatic heterocycles. The van der Waals surface area contributed by atoms with Gasteiger partial charge >= 0.3 is 5.97 Å². The van der Waals surface area contributed by atoms with Crippen molar-refractivity contribution in [3.8, 4) is 0 Å². The number of aromatic nitrogens is 1. The highest BCUT2D eigenvalue weighted by Crippen LogP contribution is 2.17. The summed E-state index contributed by atoms with van der Waals surface area (Å²) in [6, 6.07) is 0. The number of carboxylic acids is 1. The molecule has 0 saturated carbocycles. The fraction of sp³-hybridized carbons (Fsp3) is 0. The molecule has 0 saturated heterocycles. The van der Waals surface area contributed by atoms with Gasteiger partial charge in [0.05, 0.1) is 10.7 Å². The number of rotatable bonds is 1. The smallest absolute Gasteiger partial charge is 0.339 e. The highest BCUT2D eigenvalue weighted by Gasteiger charge is 2.13. The van der Waals surface area contributed by atoms with Gasteiger partial charge in [-0.25, -0.2) is 9.18 Å². The minimum absolute atomic E-state index is 0. The largest absolute Gasteiger partial charge is 0.478 e. The molecule has 1 heterocycles. The van der Waals surface area contributed by atoms with Gasteiger partial charge in [-0.2, -0.15) is 0 Å². The first-order valence-corrected chi connectivity index (χ1v) is 3.44. The molecule has 0 aromatic carbocycles. The summed E-state index contributed by atoms with van der Waals surface area (Å²) in [6.07, 6.45) is 2.08. The molecule has 1 aromatic rings. The molecule has 1 N–H and O–H groups in total. The fourth-order valence-corrected chi connectivity index (χ4v) is 1.09. The summed E-state index contributed by atoms with van der Waals surface area (Å²) in [4.78, 5) is 13.8. The van der Waals surface area contributed by atoms with Gasteiger partial charge in [-0.3, -0.25) is 4.98 Å². The predicted molar refractivity (Wildman–Crippen MR) is 46.1 cm³/mol. The first kappa shape index (κ1) is 11.3. The Morgan fingerprint density at radius 3 is 2.50 bits per heavy atom. The standard InChI is InChI=1S/C6H3BrFNO2.ClH/c7-3-1-9-2-4(8)5(3)6(10)11;/h1-2H,(H,10,11);1H. The van der Waals surface area contributed by atoms with E-state index in [9.17, 15) is 9.18 Å². The Morgan fingerprint density at radius 2 is 2.17 bits per heavy atom. The average molecular weight is 256 g/mol. The second-order valence-electron chi connectivity index (χ2n) is 1.78. The molecule has 0 spiro atoms. The molecule has 0 unspecified atom stereocenters. The maximum atomic E-state index is 12.6. The van der Waals surface area contributed by atoms with E-state index >= 15 is 0 Å². The van der Waals surface area contributed by atoms with E-state index < -0.39 is 11.8 Å². The van der Waals surface area contributed by atoms with Gasteiger partial charge in [-0.05, 0) is 15.9 Å². The van der Waals surface area contributed by atoms with Gasteiger partial charge in [-0.1, -0.05) is 0 Å². The third-order valence-electron chi connectivity index (χ3n) is 1.07. The van der Waals surface area contributed by atoms with E-state index in [1.165, 1.54) is 6.20 Å². The van der Waals surface area contributed by atoms with Crippen LogP contribution in [0.25, 0.3) is 0 Å². The fourth-order valence-electron chi connectivity index (χ4n) is 0.616. The van der Waals surface area contributed by atoms with Crippen LogP contribution in [0.4, 0.5) is 4.39 Å². The molecule has 0 amide bonds. The summed E-state index contributed by atoms with van der Waals surface area (Å²) in [5.41, 5.74) is -0.389. The van der Waals surface area contributed by atoms with Gasteiger partial charge in [0.25, 0.3) is 0 Å². The van der Waals surface area contributed by atoms with Gasteiger partial charge < -0.3 is 5.11 Å². The Kier molecular flexibility index (Phi) is 4.12. The summed E-state index contributed by atoms with van der Waals surface area (Å²) in [5, 5.41) is 8.45. The second-order valence-corrected chi connectivity index (χ2v) is 2.64. The molecule has 3 nitrogen and oxygen atoms in total. The normalized spacial score (nSPS) is 8.83. The number of carbonyl (C=O) groups is 1. The topological polar surface area (TPSA) is 50.2 Å². The van der Waals surface area contributed by atoms with E-state index in [2.05, 4.69) is 20.9 Å². The molecular formula is C6H4BrClFNO2. The van der Waals surface area contributed by atoms with Crippen molar-refractivity contribution < 1.29 is 14.3 Å². The quantitative estimate of drug-likeness (QED) is 0.837. The molecule has 6 heteroatoms. The van der Waals surface area contributed by atoms with E-state index in [1.807, 2.05) is 0 Å². The van der Waals surface area contributed by atoms with Crippen LogP contribution in [0.3, 0.4) is 0 Å². The number of hydrogen-bond acceptors (Lipinski definition) is 2. The van der Waals surface area contributed by atoms with Crippen molar-refractivity contribution in [1.82, 2.24) is 4.98 Å². The van der Waals surface area contributed by atoms with Crippen LogP contribution in [0.15, 0.2) is 16.9 Å². The maximum Gasteiger partial charge on any atom is 0.339 e. The van der Waals surface area contributed by atoms with E-state index in [0.717, 1.165) is 6.20 Å². The molecule has 0 atom stereocenters. The zero-order valence-electron chi connectivity index (χ0n) is 5.62. The molecule has 12 heavy (non-hydrogen) atoms. The van der Waals surface area contributed by atoms with Gasteiger partial charge in [0.1, 0.15) is 5.56 Å². The summed E-state index contributed by atoms with van der Waals surface area (Å²) < 4.78 is 12.8. The van der Waals surface area contributed by atoms with Crippen molar-refractivity contribution in [2.45, 2.75) is 0 Å². The molecule has 1 rings (SSSR count). The van der Waals surface area contributed by atoms with Crippen LogP contribution in [0.5, 0.6) is 0 Å². The molecule has 0 fully saturated rings. The van der Waals surface area contributed by atoms with E-state index in [-0.39, 0.29) is 22.4 Å². The Balaban J connectivity index is 0.00000121. The van der Waals surface area contributed by atoms with Crippen LogP contribution in [0.1, 0.15) is 10.4 Å². The Hall–Kier alpha value is -0.680. The highest BCUT2D eigenvalue weighted by atomic mass is 79.9. The van der Waals surface area contributed by atoms with Gasteiger partial charge in [-0.15, -0.1) is 12.4 Å². The minimum atomic E-state index is -1.31. The lowest BCUT2D eigenvalue weighted by molar-refractivity contribution is 0.0690. The minimum Gasteiger partial charge on any atom is -0.478 e. The molecule has 0 bridgehead atoms. The molecule has 0 aliphatic rings. The first-order valence-electron chi connectivity index (χ1n) is 2.65. The van der Waals surface area contributed by atoms with E-state index in [4.69, 9.17) is 5.11 Å². The van der Waals surface area contributed by atoms with Crippen molar-refractivity contribution in [3.63, 3.8) is 0 Å². The van der Waals surface area contributed by atoms with Crippen LogP contribution in [-0.2, 0) is 0 Å². The Labute approximate surface area is 82.2 Å². The number of hydrogen-bond donors (Lipinski definition) is 1. The molecule has 66 valence electrons. The highest BCUT2D eigenvalue weighted by molar-refractivity contribution is 9.10. The third kappa shape index (κ3) is 2.15. The molecular weight excluding hydrogens is 252 g/mol. The zero-order valence-corrected chi connectivity index (χ0v) is 8.02. The van der Waals surface area contributed by atoms with Crippen LogP contribution in [0, 0.1) is 5.82 Å². The summed E-state index contributed by atoms with van der Waals surface area (Å²) in [7, 11) is 0. The Bertz CT molecular complexity index is 287. The first-order chi connectivity index (χ1) is 5.13. The van der Waals surface area contributed by atoms with Crippen molar-refractivity contribution in [1.29, 1.82) is 0 Å². The van der Waals surface area contributed by atoms with E-state index in [0.29, 0.717) is 0 Å². The maximum absolute atomic E-state index is 12.6. The number of nitrogens with zero attached hydrogens (tertiary/aromatic N) is 1. The lowest BCUT2D eigenvalue weighted by atomic mass is 10.3. The second kappa shape index (κ2) is 4.37. The van der Waals surface area contributed by atoms with Gasteiger partial charge in [0, 0.05) is 6.20 Å². The van der Waals surface area contributed by atoms with Crippen molar-refractivity contribution >= 4 is 34.3 Å². The number of halogens is 3. The summed E-state index contributed by atoms with van der Waals surface area (Å²) >= 11 is 2.86. The van der Waals surface area contributed by atoms with Gasteiger partial charge in [0.15, 0.2) is 5.82 Å². The lowest BCUT2D eigenvalue weighted by Gasteiger charge is -1.97. The third-order valence-corrected chi connectivity index (χ3v) is 1.67. The number of pyridine rings is 1. The van der Waals surface area contributed by atoms with Crippen molar-refractivity contribution in [3.05, 3.63) is 28.2 Å². The SMILES string of the molecule is Cl.O=C(O)c1c(F)cncc1Br. The van der Waals surface area contributed by atoms with Crippen molar-refractivity contribution in [2.75, 3.05) is 0 Å². The van der Waals surface area contributed by atoms with Crippen LogP contribution < -0.4 is 0 Å². The lowest BCUT2D eigenvalue weighted by Crippen LogP contribution is -2.02. The van der Waals surface area contributed by atoms with Gasteiger partial charge in [0.2, 0.25) is 0 Å². The van der Waals surface area contributed by atoms with Crippen molar-refractivity contribution in [2.24, 2.45) is 0 Å². The molecule has 0 aliphatic carbocycles. The number of carboxylic acid groups (broad SMARTS) is 1. The van der Waals surface area contributed by atoms with Crippen LogP contribution in [-0.4, -0.2) is 16.1 Å². The van der Waals surface area contributed by atoms with E-state index in [1.54, 1.807) is 0 Å². The monoisotopic (exact) mass is 255 g/mol. The number of aromatic carboxylic acids is 1. The summed E-state index contributed by atoms with van der Waals surface area (Å²) in [6.45, 7) is 0. The molecule has 0 aliphatic heterocycles.